The van der Waals surface area contributed by atoms with Gasteiger partial charge in [0, 0.05) is 31.0 Å². The van der Waals surface area contributed by atoms with Crippen LogP contribution >= 0.6 is 0 Å². The van der Waals surface area contributed by atoms with Crippen molar-refractivity contribution in [2.45, 2.75) is 13.0 Å². The molecule has 0 aliphatic heterocycles. The highest BCUT2D eigenvalue weighted by atomic mass is 16.5. The van der Waals surface area contributed by atoms with Crippen LogP contribution in [0.5, 0.6) is 5.75 Å². The lowest BCUT2D eigenvalue weighted by molar-refractivity contribution is 0.415. The summed E-state index contributed by atoms with van der Waals surface area (Å²) in [6.45, 7) is 1.60. The van der Waals surface area contributed by atoms with Gasteiger partial charge in [-0.1, -0.05) is 0 Å². The fourth-order valence-corrected chi connectivity index (χ4v) is 2.49. The van der Waals surface area contributed by atoms with Crippen LogP contribution < -0.4 is 10.1 Å². The van der Waals surface area contributed by atoms with Gasteiger partial charge in [0.1, 0.15) is 17.6 Å². The van der Waals surface area contributed by atoms with Crippen molar-refractivity contribution in [2.75, 3.05) is 19.0 Å². The standard InChI is InChI=1S/C19H19N5O/c1-25-17-6-3-15(4-7-17)18-8-5-16(13-20)19(23-18)22-9-2-11-24-12-10-21-14-24/h3-8,10,12,14H,2,9,11H2,1H3,(H,22,23). The minimum atomic E-state index is 0.542. The predicted octanol–water partition coefficient (Wildman–Crippen LogP) is 3.33. The second-order valence-electron chi connectivity index (χ2n) is 5.51. The van der Waals surface area contributed by atoms with Gasteiger partial charge in [0.05, 0.1) is 24.7 Å². The molecule has 0 amide bonds. The van der Waals surface area contributed by atoms with E-state index >= 15 is 0 Å². The number of imidazole rings is 1. The lowest BCUT2D eigenvalue weighted by Gasteiger charge is -2.10. The first-order valence-electron chi connectivity index (χ1n) is 8.05. The molecular formula is C19H19N5O. The third-order valence-electron chi connectivity index (χ3n) is 3.85. The first kappa shape index (κ1) is 16.5. The Balaban J connectivity index is 1.69. The first-order valence-corrected chi connectivity index (χ1v) is 8.05. The van der Waals surface area contributed by atoms with Crippen molar-refractivity contribution in [1.29, 1.82) is 5.26 Å². The molecule has 3 aromatic rings. The smallest absolute Gasteiger partial charge is 0.144 e. The quantitative estimate of drug-likeness (QED) is 0.671. The van der Waals surface area contributed by atoms with E-state index in [4.69, 9.17) is 4.74 Å². The maximum absolute atomic E-state index is 9.30. The molecule has 0 atom stereocenters. The Morgan fingerprint density at radius 2 is 2.04 bits per heavy atom. The van der Waals surface area contributed by atoms with Gasteiger partial charge in [0.25, 0.3) is 0 Å². The van der Waals surface area contributed by atoms with E-state index in [0.717, 1.165) is 36.5 Å². The zero-order chi connectivity index (χ0) is 17.5. The molecule has 25 heavy (non-hydrogen) atoms. The van der Waals surface area contributed by atoms with Gasteiger partial charge < -0.3 is 14.6 Å². The van der Waals surface area contributed by atoms with Gasteiger partial charge in [-0.25, -0.2) is 9.97 Å². The number of nitriles is 1. The number of anilines is 1. The molecule has 126 valence electrons. The lowest BCUT2D eigenvalue weighted by Crippen LogP contribution is -2.08. The Hall–Kier alpha value is -3.33. The van der Waals surface area contributed by atoms with Crippen molar-refractivity contribution in [2.24, 2.45) is 0 Å². The van der Waals surface area contributed by atoms with Crippen LogP contribution in [0.1, 0.15) is 12.0 Å². The normalized spacial score (nSPS) is 10.2. The Labute approximate surface area is 146 Å². The number of pyridine rings is 1. The summed E-state index contributed by atoms with van der Waals surface area (Å²) < 4.78 is 7.20. The van der Waals surface area contributed by atoms with E-state index < -0.39 is 0 Å². The SMILES string of the molecule is COc1ccc(-c2ccc(C#N)c(NCCCn3ccnc3)n2)cc1. The molecule has 6 heteroatoms. The minimum absolute atomic E-state index is 0.542. The molecule has 1 N–H and O–H groups in total. The highest BCUT2D eigenvalue weighted by Gasteiger charge is 2.07. The minimum Gasteiger partial charge on any atom is -0.497 e. The van der Waals surface area contributed by atoms with Crippen molar-refractivity contribution < 1.29 is 4.74 Å². The number of hydrogen-bond donors (Lipinski definition) is 1. The average molecular weight is 333 g/mol. The molecule has 0 spiro atoms. The van der Waals surface area contributed by atoms with Crippen LogP contribution in [0.2, 0.25) is 0 Å². The summed E-state index contributed by atoms with van der Waals surface area (Å²) in [5.74, 6) is 1.41. The molecule has 3 rings (SSSR count). The molecule has 0 unspecified atom stereocenters. The number of nitrogens with zero attached hydrogens (tertiary/aromatic N) is 4. The highest BCUT2D eigenvalue weighted by molar-refractivity contribution is 5.65. The van der Waals surface area contributed by atoms with Gasteiger partial charge in [0.15, 0.2) is 0 Å². The maximum Gasteiger partial charge on any atom is 0.144 e. The number of nitrogens with one attached hydrogen (secondary N) is 1. The van der Waals surface area contributed by atoms with Crippen LogP contribution in [0.4, 0.5) is 5.82 Å². The Kier molecular flexibility index (Phi) is 5.27. The summed E-state index contributed by atoms with van der Waals surface area (Å²) in [7, 11) is 1.64. The Morgan fingerprint density at radius 1 is 1.20 bits per heavy atom. The van der Waals surface area contributed by atoms with E-state index in [1.165, 1.54) is 0 Å². The van der Waals surface area contributed by atoms with Crippen molar-refractivity contribution >= 4 is 5.82 Å². The van der Waals surface area contributed by atoms with Crippen LogP contribution in [0, 0.1) is 11.3 Å². The van der Waals surface area contributed by atoms with Gasteiger partial charge >= 0.3 is 0 Å². The highest BCUT2D eigenvalue weighted by Crippen LogP contribution is 2.23. The number of benzene rings is 1. The Bertz CT molecular complexity index is 851. The number of hydrogen-bond acceptors (Lipinski definition) is 5. The fourth-order valence-electron chi connectivity index (χ4n) is 2.49. The van der Waals surface area contributed by atoms with E-state index in [9.17, 15) is 5.26 Å². The molecule has 0 saturated carbocycles. The van der Waals surface area contributed by atoms with E-state index in [-0.39, 0.29) is 0 Å². The van der Waals surface area contributed by atoms with Gasteiger partial charge in [-0.2, -0.15) is 5.26 Å². The zero-order valence-electron chi connectivity index (χ0n) is 14.0. The largest absolute Gasteiger partial charge is 0.497 e. The van der Waals surface area contributed by atoms with Gasteiger partial charge in [0.2, 0.25) is 0 Å². The van der Waals surface area contributed by atoms with Crippen molar-refractivity contribution in [1.82, 2.24) is 14.5 Å². The van der Waals surface area contributed by atoms with Crippen LogP contribution in [-0.2, 0) is 6.54 Å². The zero-order valence-corrected chi connectivity index (χ0v) is 14.0. The third-order valence-corrected chi connectivity index (χ3v) is 3.85. The molecule has 1 aromatic carbocycles. The van der Waals surface area contributed by atoms with Crippen LogP contribution in [-0.4, -0.2) is 28.2 Å². The molecule has 6 nitrogen and oxygen atoms in total. The van der Waals surface area contributed by atoms with Gasteiger partial charge in [-0.3, -0.25) is 0 Å². The third kappa shape index (κ3) is 4.15. The number of ether oxygens (including phenoxy) is 1. The molecule has 0 aliphatic carbocycles. The lowest BCUT2D eigenvalue weighted by atomic mass is 10.1. The first-order chi connectivity index (χ1) is 12.3. The molecule has 0 aliphatic rings. The monoisotopic (exact) mass is 333 g/mol. The van der Waals surface area contributed by atoms with Crippen molar-refractivity contribution in [3.8, 4) is 23.1 Å². The van der Waals surface area contributed by atoms with Crippen LogP contribution in [0.3, 0.4) is 0 Å². The summed E-state index contributed by atoms with van der Waals surface area (Å²) in [5, 5.41) is 12.6. The van der Waals surface area contributed by atoms with E-state index in [1.807, 2.05) is 41.1 Å². The van der Waals surface area contributed by atoms with Crippen LogP contribution in [0.15, 0.2) is 55.1 Å². The second-order valence-corrected chi connectivity index (χ2v) is 5.51. The predicted molar refractivity (Wildman–Crippen MR) is 96.3 cm³/mol. The fraction of sp³-hybridized carbons (Fsp3) is 0.211. The second kappa shape index (κ2) is 7.97. The topological polar surface area (TPSA) is 75.8 Å². The molecule has 0 radical (unpaired) electrons. The molecule has 2 aromatic heterocycles. The van der Waals surface area contributed by atoms with E-state index in [1.54, 1.807) is 25.7 Å². The number of rotatable bonds is 7. The van der Waals surface area contributed by atoms with E-state index in [2.05, 4.69) is 21.4 Å². The molecular weight excluding hydrogens is 314 g/mol. The molecule has 0 saturated heterocycles. The Morgan fingerprint density at radius 3 is 2.72 bits per heavy atom. The average Bonchev–Trinajstić information content (AvgIpc) is 3.18. The molecule has 0 bridgehead atoms. The number of aromatic nitrogens is 3. The summed E-state index contributed by atoms with van der Waals surface area (Å²) >= 11 is 0. The van der Waals surface area contributed by atoms with E-state index in [0.29, 0.717) is 11.4 Å². The summed E-state index contributed by atoms with van der Waals surface area (Å²) in [6.07, 6.45) is 6.41. The molecule has 2 heterocycles. The van der Waals surface area contributed by atoms with Gasteiger partial charge in [-0.15, -0.1) is 0 Å². The summed E-state index contributed by atoms with van der Waals surface area (Å²) in [4.78, 5) is 8.63. The van der Waals surface area contributed by atoms with Crippen molar-refractivity contribution in [3.05, 3.63) is 60.7 Å². The molecule has 0 fully saturated rings. The van der Waals surface area contributed by atoms with Crippen LogP contribution in [0.25, 0.3) is 11.3 Å². The number of aryl methyl sites for hydroxylation is 1. The maximum atomic E-state index is 9.30. The number of methoxy groups -OCH3 is 1. The summed E-state index contributed by atoms with van der Waals surface area (Å²) in [5.41, 5.74) is 2.34. The summed E-state index contributed by atoms with van der Waals surface area (Å²) in [6, 6.07) is 13.5. The van der Waals surface area contributed by atoms with Crippen molar-refractivity contribution in [3.63, 3.8) is 0 Å². The van der Waals surface area contributed by atoms with Gasteiger partial charge in [-0.05, 0) is 42.8 Å².